The van der Waals surface area contributed by atoms with E-state index in [-0.39, 0.29) is 18.1 Å². The first-order valence-electron chi connectivity index (χ1n) is 11.0. The molecule has 4 aliphatic carbocycles. The van der Waals surface area contributed by atoms with Crippen LogP contribution in [0.25, 0.3) is 0 Å². The number of aryl methyl sites for hydroxylation is 1. The number of carbonyl (C=O) groups excluding carboxylic acids is 1. The van der Waals surface area contributed by atoms with Gasteiger partial charge in [0.2, 0.25) is 0 Å². The number of hydrogen-bond acceptors (Lipinski definition) is 2. The molecule has 1 heterocycles. The Hall–Kier alpha value is -2.51. The van der Waals surface area contributed by atoms with Crippen LogP contribution in [0.5, 0.6) is 0 Å². The first-order chi connectivity index (χ1) is 14.7. The Kier molecular flexibility index (Phi) is 4.79. The molecule has 4 fully saturated rings. The first-order valence-corrected chi connectivity index (χ1v) is 11.0. The third-order valence-corrected chi connectivity index (χ3v) is 7.23. The summed E-state index contributed by atoms with van der Waals surface area (Å²) in [5.74, 6) is 2.62. The molecule has 2 amide bonds. The molecule has 0 radical (unpaired) electrons. The molecule has 4 bridgehead atoms. The number of alkyl halides is 3. The second kappa shape index (κ2) is 7.28. The fourth-order valence-electron chi connectivity index (χ4n) is 6.40. The minimum absolute atomic E-state index is 0.0888. The summed E-state index contributed by atoms with van der Waals surface area (Å²) in [4.78, 5) is 12.7. The molecule has 0 spiro atoms. The van der Waals surface area contributed by atoms with Crippen LogP contribution in [0.4, 0.5) is 23.8 Å². The second-order valence-electron chi connectivity index (χ2n) is 9.80. The highest BCUT2D eigenvalue weighted by atomic mass is 19.4. The molecular weight excluding hydrogens is 405 g/mol. The Morgan fingerprint density at radius 1 is 1.13 bits per heavy atom. The van der Waals surface area contributed by atoms with Crippen LogP contribution in [0.3, 0.4) is 0 Å². The van der Waals surface area contributed by atoms with Crippen LogP contribution in [-0.4, -0.2) is 21.4 Å². The molecular formula is C23H27F3N4O. The number of halogens is 3. The zero-order valence-corrected chi connectivity index (χ0v) is 17.5. The van der Waals surface area contributed by atoms with Crippen molar-refractivity contribution >= 4 is 11.8 Å². The van der Waals surface area contributed by atoms with E-state index in [1.807, 2.05) is 6.92 Å². The van der Waals surface area contributed by atoms with Gasteiger partial charge < -0.3 is 5.32 Å². The lowest BCUT2D eigenvalue weighted by molar-refractivity contribution is -0.137. The Labute approximate surface area is 179 Å². The summed E-state index contributed by atoms with van der Waals surface area (Å²) >= 11 is 0. The Bertz CT molecular complexity index is 962. The molecule has 2 N–H and O–H groups in total. The highest BCUT2D eigenvalue weighted by molar-refractivity contribution is 5.88. The molecule has 6 rings (SSSR count). The lowest BCUT2D eigenvalue weighted by atomic mass is 9.53. The van der Waals surface area contributed by atoms with Crippen LogP contribution in [0.2, 0.25) is 0 Å². The van der Waals surface area contributed by atoms with Crippen LogP contribution < -0.4 is 10.6 Å². The standard InChI is InChI=1S/C23H27F3N4O/c1-14-5-20(29-30(14)13-15-3-2-4-19(9-15)23(24,25)26)27-21(31)28-22-10-16-6-17(11-22)8-18(7-16)12-22/h2-5,9,16-18H,6-8,10-13H2,1H3,(H2,27,28,29,31). The van der Waals surface area contributed by atoms with Gasteiger partial charge in [-0.3, -0.25) is 10.00 Å². The molecule has 2 aromatic rings. The predicted molar refractivity (Wildman–Crippen MR) is 111 cm³/mol. The van der Waals surface area contributed by atoms with Crippen molar-refractivity contribution in [3.05, 3.63) is 47.2 Å². The molecule has 0 atom stereocenters. The largest absolute Gasteiger partial charge is 0.416 e. The molecule has 8 heteroatoms. The van der Waals surface area contributed by atoms with Crippen molar-refractivity contribution in [2.45, 2.75) is 63.7 Å². The topological polar surface area (TPSA) is 59.0 Å². The molecule has 5 nitrogen and oxygen atoms in total. The number of benzene rings is 1. The quantitative estimate of drug-likeness (QED) is 0.684. The van der Waals surface area contributed by atoms with Crippen LogP contribution in [0, 0.1) is 24.7 Å². The Morgan fingerprint density at radius 2 is 1.77 bits per heavy atom. The van der Waals surface area contributed by atoms with Gasteiger partial charge in [-0.25, -0.2) is 4.79 Å². The molecule has 4 saturated carbocycles. The SMILES string of the molecule is Cc1cc(NC(=O)NC23CC4CC(CC(C4)C2)C3)nn1Cc1cccc(C(F)(F)F)c1. The van der Waals surface area contributed by atoms with E-state index in [1.54, 1.807) is 16.8 Å². The van der Waals surface area contributed by atoms with Gasteiger partial charge in [0.05, 0.1) is 12.1 Å². The zero-order chi connectivity index (χ0) is 21.8. The summed E-state index contributed by atoms with van der Waals surface area (Å²) in [6, 6.07) is 6.73. The Balaban J connectivity index is 1.25. The first kappa shape index (κ1) is 20.4. The minimum atomic E-state index is -4.38. The van der Waals surface area contributed by atoms with E-state index in [1.165, 1.54) is 25.3 Å². The van der Waals surface area contributed by atoms with Gasteiger partial charge in [0.25, 0.3) is 0 Å². The fraction of sp³-hybridized carbons (Fsp3) is 0.565. The average Bonchev–Trinajstić information content (AvgIpc) is 2.98. The van der Waals surface area contributed by atoms with Crippen molar-refractivity contribution in [1.82, 2.24) is 15.1 Å². The van der Waals surface area contributed by atoms with Gasteiger partial charge in [0.15, 0.2) is 5.82 Å². The van der Waals surface area contributed by atoms with Gasteiger partial charge in [-0.2, -0.15) is 18.3 Å². The Morgan fingerprint density at radius 3 is 2.39 bits per heavy atom. The van der Waals surface area contributed by atoms with Gasteiger partial charge in [0.1, 0.15) is 0 Å². The maximum absolute atomic E-state index is 13.0. The molecule has 0 unspecified atom stereocenters. The molecule has 4 aliphatic rings. The molecule has 31 heavy (non-hydrogen) atoms. The fourth-order valence-corrected chi connectivity index (χ4v) is 6.40. The van der Waals surface area contributed by atoms with E-state index in [9.17, 15) is 18.0 Å². The van der Waals surface area contributed by atoms with Gasteiger partial charge >= 0.3 is 12.2 Å². The number of urea groups is 1. The summed E-state index contributed by atoms with van der Waals surface area (Å²) in [7, 11) is 0. The second-order valence-corrected chi connectivity index (χ2v) is 9.80. The van der Waals surface area contributed by atoms with Gasteiger partial charge in [-0.1, -0.05) is 12.1 Å². The number of amides is 2. The van der Waals surface area contributed by atoms with E-state index in [0.717, 1.165) is 54.8 Å². The number of nitrogens with one attached hydrogen (secondary N) is 2. The van der Waals surface area contributed by atoms with Crippen LogP contribution in [-0.2, 0) is 12.7 Å². The number of carbonyl (C=O) groups is 1. The van der Waals surface area contributed by atoms with Crippen LogP contribution in [0.1, 0.15) is 55.3 Å². The summed E-state index contributed by atoms with van der Waals surface area (Å²) in [5, 5.41) is 10.5. The number of anilines is 1. The van der Waals surface area contributed by atoms with E-state index < -0.39 is 11.7 Å². The third kappa shape index (κ3) is 4.16. The predicted octanol–water partition coefficient (Wildman–Crippen LogP) is 5.35. The summed E-state index contributed by atoms with van der Waals surface area (Å²) in [6.07, 6.45) is 2.74. The van der Waals surface area contributed by atoms with E-state index in [2.05, 4.69) is 15.7 Å². The van der Waals surface area contributed by atoms with Crippen molar-refractivity contribution in [3.63, 3.8) is 0 Å². The number of nitrogens with zero attached hydrogens (tertiary/aromatic N) is 2. The average molecular weight is 432 g/mol. The van der Waals surface area contributed by atoms with Gasteiger partial charge in [-0.05, 0) is 80.9 Å². The maximum atomic E-state index is 13.0. The zero-order valence-electron chi connectivity index (χ0n) is 17.5. The molecule has 0 saturated heterocycles. The monoisotopic (exact) mass is 432 g/mol. The molecule has 1 aromatic carbocycles. The normalized spacial score (nSPS) is 29.2. The van der Waals surface area contributed by atoms with E-state index in [4.69, 9.17) is 0 Å². The highest BCUT2D eigenvalue weighted by Gasteiger charge is 2.51. The van der Waals surface area contributed by atoms with Crippen molar-refractivity contribution in [2.75, 3.05) is 5.32 Å². The van der Waals surface area contributed by atoms with E-state index >= 15 is 0 Å². The number of rotatable bonds is 4. The number of hydrogen-bond donors (Lipinski definition) is 2. The summed E-state index contributed by atoms with van der Waals surface area (Å²) in [5.41, 5.74) is 0.505. The summed E-state index contributed by atoms with van der Waals surface area (Å²) in [6.45, 7) is 2.02. The minimum Gasteiger partial charge on any atom is -0.332 e. The lowest BCUT2D eigenvalue weighted by Gasteiger charge is -2.56. The van der Waals surface area contributed by atoms with Crippen molar-refractivity contribution in [1.29, 1.82) is 0 Å². The highest BCUT2D eigenvalue weighted by Crippen LogP contribution is 2.55. The maximum Gasteiger partial charge on any atom is 0.416 e. The van der Waals surface area contributed by atoms with Crippen molar-refractivity contribution in [3.8, 4) is 0 Å². The molecule has 1 aromatic heterocycles. The van der Waals surface area contributed by atoms with Gasteiger partial charge in [-0.15, -0.1) is 0 Å². The number of aromatic nitrogens is 2. The lowest BCUT2D eigenvalue weighted by Crippen LogP contribution is -2.60. The van der Waals surface area contributed by atoms with Gasteiger partial charge in [0, 0.05) is 17.3 Å². The van der Waals surface area contributed by atoms with Crippen LogP contribution >= 0.6 is 0 Å². The molecule has 0 aliphatic heterocycles. The van der Waals surface area contributed by atoms with Crippen molar-refractivity contribution in [2.24, 2.45) is 17.8 Å². The molecule has 166 valence electrons. The van der Waals surface area contributed by atoms with E-state index in [0.29, 0.717) is 11.4 Å². The third-order valence-electron chi connectivity index (χ3n) is 7.23. The van der Waals surface area contributed by atoms with Crippen LogP contribution in [0.15, 0.2) is 30.3 Å². The smallest absolute Gasteiger partial charge is 0.332 e. The van der Waals surface area contributed by atoms with Crippen molar-refractivity contribution < 1.29 is 18.0 Å². The summed E-state index contributed by atoms with van der Waals surface area (Å²) < 4.78 is 40.5.